The fraction of sp³-hybridized carbons (Fsp3) is 0.455. The third-order valence-electron chi connectivity index (χ3n) is 2.85. The first-order valence-electron chi connectivity index (χ1n) is 5.81. The van der Waals surface area contributed by atoms with Gasteiger partial charge in [0.15, 0.2) is 0 Å². The van der Waals surface area contributed by atoms with Crippen LogP contribution >= 0.6 is 11.6 Å². The van der Waals surface area contributed by atoms with Crippen LogP contribution in [0.1, 0.15) is 19.3 Å². The van der Waals surface area contributed by atoms with Crippen LogP contribution in [0.2, 0.25) is 5.02 Å². The Hall–Kier alpha value is -0.820. The molecule has 0 unspecified atom stereocenters. The van der Waals surface area contributed by atoms with Gasteiger partial charge in [0.2, 0.25) is 0 Å². The predicted octanol–water partition coefficient (Wildman–Crippen LogP) is 1.60. The number of piperidine rings is 1. The van der Waals surface area contributed by atoms with Gasteiger partial charge in [0.25, 0.3) is 10.0 Å². The number of nitrogens with two attached hydrogens (primary N) is 1. The lowest BCUT2D eigenvalue weighted by atomic mass is 10.2. The SMILES string of the molecule is Nc1ccc(S(=O)(=O)NN2CCCCC2)c(Cl)c1. The normalized spacial score (nSPS) is 17.8. The van der Waals surface area contributed by atoms with Crippen molar-refractivity contribution in [1.82, 2.24) is 9.84 Å². The molecule has 2 rings (SSSR count). The highest BCUT2D eigenvalue weighted by molar-refractivity contribution is 7.89. The zero-order chi connectivity index (χ0) is 13.2. The van der Waals surface area contributed by atoms with E-state index in [1.165, 1.54) is 18.2 Å². The molecule has 0 aliphatic carbocycles. The Morgan fingerprint density at radius 3 is 2.50 bits per heavy atom. The Bertz CT molecular complexity index is 527. The first-order chi connectivity index (χ1) is 8.49. The first kappa shape index (κ1) is 13.6. The number of nitrogen functional groups attached to an aromatic ring is 1. The maximum atomic E-state index is 12.2. The van der Waals surface area contributed by atoms with Gasteiger partial charge in [-0.05, 0) is 31.0 Å². The molecule has 0 aromatic heterocycles. The molecule has 18 heavy (non-hydrogen) atoms. The fourth-order valence-electron chi connectivity index (χ4n) is 1.94. The van der Waals surface area contributed by atoms with Gasteiger partial charge in [0.1, 0.15) is 4.90 Å². The lowest BCUT2D eigenvalue weighted by molar-refractivity contribution is 0.200. The molecule has 1 aromatic rings. The topological polar surface area (TPSA) is 75.4 Å². The van der Waals surface area contributed by atoms with Gasteiger partial charge >= 0.3 is 0 Å². The van der Waals surface area contributed by atoms with E-state index in [1.54, 1.807) is 5.01 Å². The van der Waals surface area contributed by atoms with Crippen LogP contribution in [-0.4, -0.2) is 26.5 Å². The van der Waals surface area contributed by atoms with E-state index >= 15 is 0 Å². The summed E-state index contributed by atoms with van der Waals surface area (Å²) in [6.07, 6.45) is 3.14. The van der Waals surface area contributed by atoms with Gasteiger partial charge in [0.05, 0.1) is 5.02 Å². The smallest absolute Gasteiger partial charge is 0.254 e. The second kappa shape index (κ2) is 5.44. The third kappa shape index (κ3) is 3.14. The Morgan fingerprint density at radius 1 is 1.22 bits per heavy atom. The number of anilines is 1. The summed E-state index contributed by atoms with van der Waals surface area (Å²) < 4.78 is 24.3. The van der Waals surface area contributed by atoms with E-state index < -0.39 is 10.0 Å². The molecular formula is C11H16ClN3O2S. The lowest BCUT2D eigenvalue weighted by Crippen LogP contribution is -2.44. The van der Waals surface area contributed by atoms with Crippen molar-refractivity contribution in [1.29, 1.82) is 0 Å². The minimum Gasteiger partial charge on any atom is -0.399 e. The standard InChI is InChI=1S/C11H16ClN3O2S/c12-10-8-9(13)4-5-11(10)18(16,17)14-15-6-2-1-3-7-15/h4-5,8,14H,1-3,6-7,13H2. The Kier molecular flexibility index (Phi) is 4.11. The van der Waals surface area contributed by atoms with Crippen molar-refractivity contribution in [3.63, 3.8) is 0 Å². The van der Waals surface area contributed by atoms with E-state index in [0.29, 0.717) is 5.69 Å². The van der Waals surface area contributed by atoms with Crippen LogP contribution in [0, 0.1) is 0 Å². The second-order valence-electron chi connectivity index (χ2n) is 4.33. The summed E-state index contributed by atoms with van der Waals surface area (Å²) >= 11 is 5.91. The molecule has 1 fully saturated rings. The van der Waals surface area contributed by atoms with Crippen molar-refractivity contribution < 1.29 is 8.42 Å². The van der Waals surface area contributed by atoms with Gasteiger partial charge in [-0.3, -0.25) is 0 Å². The van der Waals surface area contributed by atoms with E-state index in [1.807, 2.05) is 0 Å². The van der Waals surface area contributed by atoms with Crippen molar-refractivity contribution >= 4 is 27.3 Å². The van der Waals surface area contributed by atoms with Crippen molar-refractivity contribution in [2.45, 2.75) is 24.2 Å². The minimum atomic E-state index is -3.62. The molecule has 1 aliphatic heterocycles. The van der Waals surface area contributed by atoms with Crippen LogP contribution in [0.15, 0.2) is 23.1 Å². The molecule has 3 N–H and O–H groups in total. The molecule has 1 heterocycles. The Balaban J connectivity index is 2.19. The number of hydrazine groups is 1. The number of nitrogens with one attached hydrogen (secondary N) is 1. The third-order valence-corrected chi connectivity index (χ3v) is 4.71. The van der Waals surface area contributed by atoms with Gasteiger partial charge in [-0.2, -0.15) is 0 Å². The van der Waals surface area contributed by atoms with Gasteiger partial charge in [-0.25, -0.2) is 13.4 Å². The molecular weight excluding hydrogens is 274 g/mol. The zero-order valence-electron chi connectivity index (χ0n) is 9.89. The Labute approximate surface area is 112 Å². The molecule has 1 aliphatic rings. The van der Waals surface area contributed by atoms with Crippen LogP contribution in [-0.2, 0) is 10.0 Å². The number of nitrogens with zero attached hydrogens (tertiary/aromatic N) is 1. The van der Waals surface area contributed by atoms with Crippen LogP contribution in [0.4, 0.5) is 5.69 Å². The number of halogens is 1. The summed E-state index contributed by atoms with van der Waals surface area (Å²) in [7, 11) is -3.62. The van der Waals surface area contributed by atoms with Gasteiger partial charge < -0.3 is 5.73 Å². The molecule has 0 radical (unpaired) electrons. The molecule has 1 aromatic carbocycles. The molecule has 0 bridgehead atoms. The minimum absolute atomic E-state index is 0.0592. The summed E-state index contributed by atoms with van der Waals surface area (Å²) in [5.74, 6) is 0. The number of hydrogen-bond acceptors (Lipinski definition) is 4. The molecule has 7 heteroatoms. The van der Waals surface area contributed by atoms with Crippen molar-refractivity contribution in [3.8, 4) is 0 Å². The highest BCUT2D eigenvalue weighted by Crippen LogP contribution is 2.24. The summed E-state index contributed by atoms with van der Waals surface area (Å²) in [5.41, 5.74) is 5.99. The maximum Gasteiger partial charge on any atom is 0.254 e. The number of benzene rings is 1. The molecule has 0 spiro atoms. The van der Waals surface area contributed by atoms with Crippen LogP contribution in [0.25, 0.3) is 0 Å². The monoisotopic (exact) mass is 289 g/mol. The van der Waals surface area contributed by atoms with E-state index in [4.69, 9.17) is 17.3 Å². The molecule has 0 saturated carbocycles. The number of hydrogen-bond donors (Lipinski definition) is 2. The molecule has 0 atom stereocenters. The molecule has 1 saturated heterocycles. The van der Waals surface area contributed by atoms with Crippen LogP contribution in [0.3, 0.4) is 0 Å². The highest BCUT2D eigenvalue weighted by atomic mass is 35.5. The lowest BCUT2D eigenvalue weighted by Gasteiger charge is -2.26. The quantitative estimate of drug-likeness (QED) is 0.829. The van der Waals surface area contributed by atoms with E-state index in [9.17, 15) is 8.42 Å². The summed E-state index contributed by atoms with van der Waals surface area (Å²) in [6.45, 7) is 1.46. The second-order valence-corrected chi connectivity index (χ2v) is 6.37. The average molecular weight is 290 g/mol. The number of sulfonamides is 1. The largest absolute Gasteiger partial charge is 0.399 e. The van der Waals surface area contributed by atoms with E-state index in [0.717, 1.165) is 32.4 Å². The van der Waals surface area contributed by atoms with Gasteiger partial charge in [-0.15, -0.1) is 4.83 Å². The van der Waals surface area contributed by atoms with Crippen LogP contribution < -0.4 is 10.6 Å². The van der Waals surface area contributed by atoms with Crippen molar-refractivity contribution in [3.05, 3.63) is 23.2 Å². The van der Waals surface area contributed by atoms with Crippen molar-refractivity contribution in [2.24, 2.45) is 0 Å². The van der Waals surface area contributed by atoms with Crippen LogP contribution in [0.5, 0.6) is 0 Å². The van der Waals surface area contributed by atoms with E-state index in [-0.39, 0.29) is 9.92 Å². The molecule has 5 nitrogen and oxygen atoms in total. The summed E-state index contributed by atoms with van der Waals surface area (Å²) in [6, 6.07) is 4.38. The number of rotatable bonds is 3. The first-order valence-corrected chi connectivity index (χ1v) is 7.67. The highest BCUT2D eigenvalue weighted by Gasteiger charge is 2.22. The van der Waals surface area contributed by atoms with Crippen molar-refractivity contribution in [2.75, 3.05) is 18.8 Å². The average Bonchev–Trinajstić information content (AvgIpc) is 2.29. The molecule has 0 amide bonds. The Morgan fingerprint density at radius 2 is 1.89 bits per heavy atom. The maximum absolute atomic E-state index is 12.2. The zero-order valence-corrected chi connectivity index (χ0v) is 11.5. The van der Waals surface area contributed by atoms with E-state index in [2.05, 4.69) is 4.83 Å². The van der Waals surface area contributed by atoms with Gasteiger partial charge in [-0.1, -0.05) is 18.0 Å². The fourth-order valence-corrected chi connectivity index (χ4v) is 3.62. The predicted molar refractivity (Wildman–Crippen MR) is 71.6 cm³/mol. The summed E-state index contributed by atoms with van der Waals surface area (Å²) in [5, 5.41) is 1.85. The summed E-state index contributed by atoms with van der Waals surface area (Å²) in [4.78, 5) is 2.61. The van der Waals surface area contributed by atoms with Gasteiger partial charge in [0, 0.05) is 18.8 Å². The molecule has 100 valence electrons.